The van der Waals surface area contributed by atoms with Crippen LogP contribution in [0, 0.1) is 12.8 Å². The fourth-order valence-corrected chi connectivity index (χ4v) is 5.23. The molecule has 0 spiro atoms. The van der Waals surface area contributed by atoms with E-state index in [9.17, 15) is 13.2 Å². The first-order valence-electron chi connectivity index (χ1n) is 9.80. The van der Waals surface area contributed by atoms with Crippen molar-refractivity contribution < 1.29 is 17.9 Å². The molecule has 1 aliphatic heterocycles. The lowest BCUT2D eigenvalue weighted by Gasteiger charge is -2.31. The predicted molar refractivity (Wildman–Crippen MR) is 109 cm³/mol. The predicted octanol–water partition coefficient (Wildman–Crippen LogP) is 1.81. The van der Waals surface area contributed by atoms with Gasteiger partial charge < -0.3 is 14.6 Å². The zero-order valence-electron chi connectivity index (χ0n) is 16.9. The normalized spacial score (nSPS) is 15.9. The molecule has 8 nitrogen and oxygen atoms in total. The van der Waals surface area contributed by atoms with Crippen LogP contribution in [0.4, 0.5) is 0 Å². The van der Waals surface area contributed by atoms with E-state index in [0.29, 0.717) is 38.2 Å². The molecule has 0 aliphatic carbocycles. The number of benzene rings is 1. The summed E-state index contributed by atoms with van der Waals surface area (Å²) in [5.74, 6) is 0.184. The van der Waals surface area contributed by atoms with Crippen molar-refractivity contribution in [3.63, 3.8) is 0 Å². The van der Waals surface area contributed by atoms with Gasteiger partial charge in [-0.15, -0.1) is 0 Å². The zero-order chi connectivity index (χ0) is 20.9. The van der Waals surface area contributed by atoms with Gasteiger partial charge >= 0.3 is 0 Å². The topological polar surface area (TPSA) is 93.5 Å². The van der Waals surface area contributed by atoms with Crippen LogP contribution < -0.4 is 10.1 Å². The minimum atomic E-state index is -3.65. The van der Waals surface area contributed by atoms with Crippen molar-refractivity contribution in [1.82, 2.24) is 19.2 Å². The lowest BCUT2D eigenvalue weighted by molar-refractivity contribution is -0.126. The van der Waals surface area contributed by atoms with E-state index in [0.717, 1.165) is 18.5 Å². The summed E-state index contributed by atoms with van der Waals surface area (Å²) in [6, 6.07) is 5.13. The third-order valence-electron chi connectivity index (χ3n) is 5.21. The van der Waals surface area contributed by atoms with Crippen LogP contribution in [0.3, 0.4) is 0 Å². The number of carbonyl (C=O) groups is 1. The fourth-order valence-electron chi connectivity index (χ4n) is 3.52. The highest BCUT2D eigenvalue weighted by atomic mass is 32.2. The Morgan fingerprint density at radius 3 is 2.72 bits per heavy atom. The van der Waals surface area contributed by atoms with E-state index < -0.39 is 10.0 Å². The molecule has 1 N–H and O–H groups in total. The van der Waals surface area contributed by atoms with Crippen LogP contribution >= 0.6 is 0 Å². The van der Waals surface area contributed by atoms with Crippen molar-refractivity contribution in [2.24, 2.45) is 5.92 Å². The molecule has 1 amide bonds. The Labute approximate surface area is 171 Å². The SMILES string of the molecule is COc1ccc(C)cc1S(=O)(=O)N1CCC(C(=O)NCCCn2ccnc2)CC1. The highest BCUT2D eigenvalue weighted by Gasteiger charge is 2.33. The minimum absolute atomic E-state index is 0.000755. The number of imidazole rings is 1. The first-order valence-corrected chi connectivity index (χ1v) is 11.2. The monoisotopic (exact) mass is 420 g/mol. The molecule has 9 heteroatoms. The Morgan fingerprint density at radius 1 is 1.31 bits per heavy atom. The maximum atomic E-state index is 13.1. The Bertz CT molecular complexity index is 920. The van der Waals surface area contributed by atoms with Crippen LogP contribution in [0.5, 0.6) is 5.75 Å². The largest absolute Gasteiger partial charge is 0.495 e. The molecule has 2 heterocycles. The summed E-state index contributed by atoms with van der Waals surface area (Å²) in [5.41, 5.74) is 0.856. The minimum Gasteiger partial charge on any atom is -0.495 e. The van der Waals surface area contributed by atoms with Gasteiger partial charge in [-0.25, -0.2) is 13.4 Å². The van der Waals surface area contributed by atoms with Gasteiger partial charge in [-0.3, -0.25) is 4.79 Å². The number of rotatable bonds is 8. The summed E-state index contributed by atoms with van der Waals surface area (Å²) in [5, 5.41) is 2.97. The number of ether oxygens (including phenoxy) is 1. The number of hydrogen-bond donors (Lipinski definition) is 1. The zero-order valence-corrected chi connectivity index (χ0v) is 17.7. The second kappa shape index (κ2) is 9.41. The Kier molecular flexibility index (Phi) is 6.92. The number of hydrogen-bond acceptors (Lipinski definition) is 5. The van der Waals surface area contributed by atoms with Gasteiger partial charge in [0, 0.05) is 44.5 Å². The molecular formula is C20H28N4O4S. The first kappa shape index (κ1) is 21.3. The van der Waals surface area contributed by atoms with Crippen LogP contribution in [0.1, 0.15) is 24.8 Å². The molecule has 0 saturated carbocycles. The number of methoxy groups -OCH3 is 1. The Hall–Kier alpha value is -2.39. The average Bonchev–Trinajstić information content (AvgIpc) is 3.24. The molecule has 0 unspecified atom stereocenters. The van der Waals surface area contributed by atoms with Gasteiger partial charge in [0.25, 0.3) is 0 Å². The number of carbonyl (C=O) groups excluding carboxylic acids is 1. The lowest BCUT2D eigenvalue weighted by Crippen LogP contribution is -2.43. The number of nitrogens with one attached hydrogen (secondary N) is 1. The molecule has 0 bridgehead atoms. The molecule has 1 saturated heterocycles. The number of piperidine rings is 1. The standard InChI is InChI=1S/C20H28N4O4S/c1-16-4-5-18(28-2)19(14-16)29(26,27)24-11-6-17(7-12-24)20(25)22-8-3-10-23-13-9-21-15-23/h4-5,9,13-15,17H,3,6-8,10-12H2,1-2H3,(H,22,25). The van der Waals surface area contributed by atoms with Gasteiger partial charge in [0.1, 0.15) is 10.6 Å². The van der Waals surface area contributed by atoms with Gasteiger partial charge in [-0.05, 0) is 43.9 Å². The summed E-state index contributed by atoms with van der Waals surface area (Å²) in [6.45, 7) is 3.90. The van der Waals surface area contributed by atoms with Gasteiger partial charge in [0.2, 0.25) is 15.9 Å². The molecule has 3 rings (SSSR count). The lowest BCUT2D eigenvalue weighted by atomic mass is 9.97. The molecular weight excluding hydrogens is 392 g/mol. The van der Waals surface area contributed by atoms with E-state index >= 15 is 0 Å². The molecule has 1 aromatic carbocycles. The van der Waals surface area contributed by atoms with Crippen molar-refractivity contribution in [2.45, 2.75) is 37.6 Å². The van der Waals surface area contributed by atoms with E-state index in [-0.39, 0.29) is 16.7 Å². The average molecular weight is 421 g/mol. The number of sulfonamides is 1. The first-order chi connectivity index (χ1) is 13.9. The van der Waals surface area contributed by atoms with Crippen molar-refractivity contribution in [3.05, 3.63) is 42.5 Å². The maximum Gasteiger partial charge on any atom is 0.246 e. The van der Waals surface area contributed by atoms with Gasteiger partial charge in [0.05, 0.1) is 13.4 Å². The Balaban J connectivity index is 1.51. The number of aryl methyl sites for hydroxylation is 2. The smallest absolute Gasteiger partial charge is 0.246 e. The number of aromatic nitrogens is 2. The van der Waals surface area contributed by atoms with Gasteiger partial charge in [-0.1, -0.05) is 6.07 Å². The van der Waals surface area contributed by atoms with Crippen LogP contribution in [0.25, 0.3) is 0 Å². The van der Waals surface area contributed by atoms with Crippen molar-refractivity contribution in [2.75, 3.05) is 26.7 Å². The van der Waals surface area contributed by atoms with Crippen LogP contribution in [-0.2, 0) is 21.4 Å². The van der Waals surface area contributed by atoms with Gasteiger partial charge in [0.15, 0.2) is 0 Å². The van der Waals surface area contributed by atoms with E-state index in [1.54, 1.807) is 24.7 Å². The molecule has 1 aromatic heterocycles. The summed E-state index contributed by atoms with van der Waals surface area (Å²) in [7, 11) is -2.19. The van der Waals surface area contributed by atoms with E-state index in [1.165, 1.54) is 11.4 Å². The summed E-state index contributed by atoms with van der Waals surface area (Å²) >= 11 is 0. The third kappa shape index (κ3) is 5.16. The molecule has 2 aromatic rings. The maximum absolute atomic E-state index is 13.1. The summed E-state index contributed by atoms with van der Waals surface area (Å²) in [4.78, 5) is 16.6. The molecule has 0 radical (unpaired) electrons. The molecule has 1 fully saturated rings. The second-order valence-corrected chi connectivity index (χ2v) is 9.18. The number of amides is 1. The Morgan fingerprint density at radius 2 is 2.07 bits per heavy atom. The molecule has 158 valence electrons. The van der Waals surface area contributed by atoms with E-state index in [2.05, 4.69) is 10.3 Å². The molecule has 0 atom stereocenters. The van der Waals surface area contributed by atoms with Crippen molar-refractivity contribution in [1.29, 1.82) is 0 Å². The number of nitrogens with zero attached hydrogens (tertiary/aromatic N) is 3. The van der Waals surface area contributed by atoms with Crippen LogP contribution in [0.15, 0.2) is 41.8 Å². The second-order valence-electron chi connectivity index (χ2n) is 7.28. The molecule has 1 aliphatic rings. The van der Waals surface area contributed by atoms with Crippen LogP contribution in [-0.4, -0.2) is 54.9 Å². The summed E-state index contributed by atoms with van der Waals surface area (Å²) in [6.07, 6.45) is 7.22. The van der Waals surface area contributed by atoms with Crippen molar-refractivity contribution in [3.8, 4) is 5.75 Å². The third-order valence-corrected chi connectivity index (χ3v) is 7.13. The van der Waals surface area contributed by atoms with Gasteiger partial charge in [-0.2, -0.15) is 4.31 Å². The molecule has 29 heavy (non-hydrogen) atoms. The van der Waals surface area contributed by atoms with Crippen LogP contribution in [0.2, 0.25) is 0 Å². The summed E-state index contributed by atoms with van der Waals surface area (Å²) < 4.78 is 34.8. The fraction of sp³-hybridized carbons (Fsp3) is 0.500. The highest BCUT2D eigenvalue weighted by molar-refractivity contribution is 7.89. The highest BCUT2D eigenvalue weighted by Crippen LogP contribution is 2.30. The van der Waals surface area contributed by atoms with Crippen molar-refractivity contribution >= 4 is 15.9 Å². The van der Waals surface area contributed by atoms with E-state index in [4.69, 9.17) is 4.74 Å². The van der Waals surface area contributed by atoms with E-state index in [1.807, 2.05) is 23.8 Å². The quantitative estimate of drug-likeness (QED) is 0.658.